The zero-order valence-corrected chi connectivity index (χ0v) is 15.9. The molecule has 3 N–H and O–H groups in total. The molecule has 0 aliphatic heterocycles. The number of nitrogens with one attached hydrogen (secondary N) is 1. The quantitative estimate of drug-likeness (QED) is 0.505. The van der Waals surface area contributed by atoms with Gasteiger partial charge in [0.25, 0.3) is 0 Å². The summed E-state index contributed by atoms with van der Waals surface area (Å²) in [7, 11) is 5.13. The topological polar surface area (TPSA) is 97.6 Å². The zero-order chi connectivity index (χ0) is 20.7. The first-order valence-corrected chi connectivity index (χ1v) is 8.61. The molecular weight excluding hydrogens is 375 g/mol. The van der Waals surface area contributed by atoms with Gasteiger partial charge in [-0.2, -0.15) is 5.10 Å². The number of methoxy groups -OCH3 is 1. The number of anilines is 2. The van der Waals surface area contributed by atoms with Crippen LogP contribution in [0.15, 0.2) is 34.7 Å². The molecular formula is C20H17FN6O2. The van der Waals surface area contributed by atoms with Gasteiger partial charge in [0.1, 0.15) is 17.3 Å². The van der Waals surface area contributed by atoms with Crippen molar-refractivity contribution >= 4 is 28.4 Å². The fraction of sp³-hybridized carbons (Fsp3) is 0.150. The Balaban J connectivity index is 2.06. The maximum absolute atomic E-state index is 14.8. The number of benzene rings is 1. The van der Waals surface area contributed by atoms with Crippen LogP contribution in [0.2, 0.25) is 0 Å². The van der Waals surface area contributed by atoms with Gasteiger partial charge in [0.05, 0.1) is 24.8 Å². The molecule has 0 unspecified atom stereocenters. The first kappa shape index (κ1) is 18.3. The van der Waals surface area contributed by atoms with Crippen LogP contribution < -0.4 is 15.4 Å². The Bertz CT molecular complexity index is 1270. The summed E-state index contributed by atoms with van der Waals surface area (Å²) in [5.74, 6) is 0.991. The van der Waals surface area contributed by atoms with Crippen LogP contribution >= 0.6 is 0 Å². The third-order valence-corrected chi connectivity index (χ3v) is 4.53. The third-order valence-electron chi connectivity index (χ3n) is 4.53. The standard InChI is InChI=1S/C20H17FN6O2/c1-23-18-15(13-7-8-14(29-13)27(2)3)16-19(22)25-26-20(16)24-17(18)11-6-5-10(28-4)9-12(11)21/h5-9H,2-4H3,(H3,22,24,25,26). The normalized spacial score (nSPS) is 10.9. The van der Waals surface area contributed by atoms with Gasteiger partial charge in [-0.15, -0.1) is 0 Å². The van der Waals surface area contributed by atoms with Crippen LogP contribution in [0.1, 0.15) is 0 Å². The molecule has 0 fully saturated rings. The van der Waals surface area contributed by atoms with E-state index >= 15 is 0 Å². The Morgan fingerprint density at radius 2 is 2.07 bits per heavy atom. The Morgan fingerprint density at radius 1 is 1.28 bits per heavy atom. The molecule has 0 bridgehead atoms. The van der Waals surface area contributed by atoms with Crippen molar-refractivity contribution in [3.63, 3.8) is 0 Å². The van der Waals surface area contributed by atoms with Gasteiger partial charge in [0, 0.05) is 37.4 Å². The smallest absolute Gasteiger partial charge is 0.224 e. The monoisotopic (exact) mass is 392 g/mol. The van der Waals surface area contributed by atoms with Crippen LogP contribution in [0.5, 0.6) is 5.75 Å². The summed E-state index contributed by atoms with van der Waals surface area (Å²) in [4.78, 5) is 9.88. The van der Waals surface area contributed by atoms with Gasteiger partial charge >= 0.3 is 0 Å². The number of halogens is 1. The number of nitrogens with two attached hydrogens (primary N) is 1. The third kappa shape index (κ3) is 2.91. The van der Waals surface area contributed by atoms with Crippen LogP contribution in [0.25, 0.3) is 38.5 Å². The molecule has 8 nitrogen and oxygen atoms in total. The number of fused-ring (bicyclic) bond motifs is 1. The second-order valence-electron chi connectivity index (χ2n) is 6.51. The molecule has 0 radical (unpaired) electrons. The fourth-order valence-electron chi connectivity index (χ4n) is 3.13. The maximum atomic E-state index is 14.8. The van der Waals surface area contributed by atoms with E-state index in [1.165, 1.54) is 19.2 Å². The molecule has 1 aromatic carbocycles. The summed E-state index contributed by atoms with van der Waals surface area (Å²) >= 11 is 0. The molecule has 0 atom stereocenters. The number of hydrogen-bond donors (Lipinski definition) is 2. The molecule has 0 spiro atoms. The summed E-state index contributed by atoms with van der Waals surface area (Å²) in [6.07, 6.45) is 0. The summed E-state index contributed by atoms with van der Waals surface area (Å²) < 4.78 is 25.8. The van der Waals surface area contributed by atoms with Crippen LogP contribution in [0.3, 0.4) is 0 Å². The highest BCUT2D eigenvalue weighted by Crippen LogP contribution is 2.45. The predicted octanol–water partition coefficient (Wildman–Crippen LogP) is 4.23. The number of furan rings is 1. The SMILES string of the molecule is [C-]#[N+]c1c(-c2ccc(OC)cc2F)nc2[nH]nc(N)c2c1-c1ccc(N(C)C)o1. The molecule has 0 amide bonds. The molecule has 3 aromatic heterocycles. The van der Waals surface area contributed by atoms with Crippen LogP contribution in [0.4, 0.5) is 21.8 Å². The summed E-state index contributed by atoms with van der Waals surface area (Å²) in [5.41, 5.74) is 7.22. The first-order valence-electron chi connectivity index (χ1n) is 8.61. The number of nitrogens with zero attached hydrogens (tertiary/aromatic N) is 4. The van der Waals surface area contributed by atoms with Crippen molar-refractivity contribution in [1.29, 1.82) is 0 Å². The number of hydrogen-bond acceptors (Lipinski definition) is 6. The predicted molar refractivity (Wildman–Crippen MR) is 109 cm³/mol. The number of nitrogen functional groups attached to an aromatic ring is 1. The van der Waals surface area contributed by atoms with E-state index < -0.39 is 5.82 Å². The highest BCUT2D eigenvalue weighted by Gasteiger charge is 2.25. The van der Waals surface area contributed by atoms with Crippen molar-refractivity contribution in [3.8, 4) is 28.3 Å². The highest BCUT2D eigenvalue weighted by molar-refractivity contribution is 6.08. The Morgan fingerprint density at radius 3 is 2.69 bits per heavy atom. The van der Waals surface area contributed by atoms with Gasteiger partial charge in [0.15, 0.2) is 17.3 Å². The second-order valence-corrected chi connectivity index (χ2v) is 6.51. The van der Waals surface area contributed by atoms with Crippen molar-refractivity contribution in [2.24, 2.45) is 0 Å². The van der Waals surface area contributed by atoms with E-state index in [1.54, 1.807) is 23.1 Å². The molecule has 4 aromatic rings. The summed E-state index contributed by atoms with van der Waals surface area (Å²) in [6.45, 7) is 7.78. The van der Waals surface area contributed by atoms with E-state index in [-0.39, 0.29) is 22.8 Å². The van der Waals surface area contributed by atoms with E-state index in [0.717, 1.165) is 0 Å². The largest absolute Gasteiger partial charge is 0.497 e. The lowest BCUT2D eigenvalue weighted by Crippen LogP contribution is -2.06. The zero-order valence-electron chi connectivity index (χ0n) is 15.9. The van der Waals surface area contributed by atoms with E-state index in [2.05, 4.69) is 20.0 Å². The maximum Gasteiger partial charge on any atom is 0.224 e. The lowest BCUT2D eigenvalue weighted by Gasteiger charge is -2.12. The minimum atomic E-state index is -0.562. The van der Waals surface area contributed by atoms with E-state index in [1.807, 2.05) is 14.1 Å². The lowest BCUT2D eigenvalue weighted by molar-refractivity contribution is 0.411. The first-order chi connectivity index (χ1) is 13.9. The Hall–Kier alpha value is -4.06. The van der Waals surface area contributed by atoms with Crippen LogP contribution in [0, 0.1) is 12.4 Å². The number of pyridine rings is 1. The van der Waals surface area contributed by atoms with E-state index in [9.17, 15) is 4.39 Å². The molecule has 4 rings (SSSR count). The average molecular weight is 392 g/mol. The summed E-state index contributed by atoms with van der Waals surface area (Å²) in [6, 6.07) is 7.88. The van der Waals surface area contributed by atoms with Crippen LogP contribution in [-0.2, 0) is 0 Å². The molecule has 0 aliphatic rings. The lowest BCUT2D eigenvalue weighted by atomic mass is 10.0. The van der Waals surface area contributed by atoms with Gasteiger partial charge in [0.2, 0.25) is 5.69 Å². The Labute approximate surface area is 165 Å². The second kappa shape index (κ2) is 6.83. The van der Waals surface area contributed by atoms with Crippen molar-refractivity contribution in [2.75, 3.05) is 31.8 Å². The van der Waals surface area contributed by atoms with Gasteiger partial charge < -0.3 is 19.8 Å². The molecule has 0 aliphatic carbocycles. The highest BCUT2D eigenvalue weighted by atomic mass is 19.1. The molecule has 146 valence electrons. The van der Waals surface area contributed by atoms with E-state index in [4.69, 9.17) is 21.5 Å². The number of H-pyrrole nitrogens is 1. The minimum absolute atomic E-state index is 0.120. The number of ether oxygens (including phenoxy) is 1. The molecule has 3 heterocycles. The number of aromatic amines is 1. The minimum Gasteiger partial charge on any atom is -0.497 e. The number of aromatic nitrogens is 3. The van der Waals surface area contributed by atoms with Gasteiger partial charge in [-0.05, 0) is 18.2 Å². The van der Waals surface area contributed by atoms with Crippen molar-refractivity contribution in [1.82, 2.24) is 15.2 Å². The van der Waals surface area contributed by atoms with Crippen molar-refractivity contribution < 1.29 is 13.5 Å². The van der Waals surface area contributed by atoms with Gasteiger partial charge in [-0.1, -0.05) is 0 Å². The van der Waals surface area contributed by atoms with E-state index in [0.29, 0.717) is 34.0 Å². The average Bonchev–Trinajstić information content (AvgIpc) is 3.34. The van der Waals surface area contributed by atoms with Crippen molar-refractivity contribution in [2.45, 2.75) is 0 Å². The van der Waals surface area contributed by atoms with Crippen LogP contribution in [-0.4, -0.2) is 36.4 Å². The number of rotatable bonds is 4. The van der Waals surface area contributed by atoms with Gasteiger partial charge in [-0.3, -0.25) is 5.10 Å². The fourth-order valence-corrected chi connectivity index (χ4v) is 3.13. The summed E-state index contributed by atoms with van der Waals surface area (Å²) in [5, 5.41) is 7.20. The van der Waals surface area contributed by atoms with Crippen molar-refractivity contribution in [3.05, 3.63) is 47.6 Å². The molecule has 0 saturated carbocycles. The molecule has 29 heavy (non-hydrogen) atoms. The molecule has 0 saturated heterocycles. The Kier molecular flexibility index (Phi) is 4.31. The molecule has 9 heteroatoms. The van der Waals surface area contributed by atoms with Gasteiger partial charge in [-0.25, -0.2) is 14.2 Å².